The molecule has 6 nitrogen and oxygen atoms in total. The standard InChI is InChI=1S/C15H28N6/c1-13-6-4-5-10-21(13)11-9-17-15(16-2)18-12-14-7-8-19-20(14)3/h7-8,13H,4-6,9-12H2,1-3H3,(H2,16,17,18). The lowest BCUT2D eigenvalue weighted by atomic mass is 10.0. The summed E-state index contributed by atoms with van der Waals surface area (Å²) >= 11 is 0. The molecule has 0 aromatic carbocycles. The van der Waals surface area contributed by atoms with Crippen molar-refractivity contribution in [3.8, 4) is 0 Å². The van der Waals surface area contributed by atoms with Crippen LogP contribution in [0, 0.1) is 0 Å². The van der Waals surface area contributed by atoms with Crippen LogP contribution >= 0.6 is 0 Å². The summed E-state index contributed by atoms with van der Waals surface area (Å²) in [6.45, 7) is 6.29. The van der Waals surface area contributed by atoms with E-state index in [2.05, 4.69) is 32.5 Å². The molecule has 2 rings (SSSR count). The second kappa shape index (κ2) is 8.02. The Hall–Kier alpha value is -1.56. The molecule has 0 amide bonds. The maximum absolute atomic E-state index is 4.27. The average Bonchev–Trinajstić information content (AvgIpc) is 2.90. The summed E-state index contributed by atoms with van der Waals surface area (Å²) in [6.07, 6.45) is 5.84. The summed E-state index contributed by atoms with van der Waals surface area (Å²) in [5.41, 5.74) is 1.14. The molecular weight excluding hydrogens is 264 g/mol. The van der Waals surface area contributed by atoms with Crippen LogP contribution in [0.4, 0.5) is 0 Å². The van der Waals surface area contributed by atoms with Crippen LogP contribution in [0.5, 0.6) is 0 Å². The summed E-state index contributed by atoms with van der Waals surface area (Å²) in [5, 5.41) is 10.9. The van der Waals surface area contributed by atoms with Gasteiger partial charge in [0.1, 0.15) is 0 Å². The predicted molar refractivity (Wildman–Crippen MR) is 86.3 cm³/mol. The Bertz CT molecular complexity index is 453. The number of aromatic nitrogens is 2. The van der Waals surface area contributed by atoms with E-state index in [1.54, 1.807) is 0 Å². The monoisotopic (exact) mass is 292 g/mol. The van der Waals surface area contributed by atoms with E-state index < -0.39 is 0 Å². The summed E-state index contributed by atoms with van der Waals surface area (Å²) in [5.74, 6) is 0.848. The van der Waals surface area contributed by atoms with Gasteiger partial charge in [0.15, 0.2) is 5.96 Å². The average molecular weight is 292 g/mol. The van der Waals surface area contributed by atoms with Crippen LogP contribution in [0.15, 0.2) is 17.3 Å². The first-order valence-electron chi connectivity index (χ1n) is 7.86. The van der Waals surface area contributed by atoms with E-state index in [1.807, 2.05) is 31.0 Å². The molecule has 21 heavy (non-hydrogen) atoms. The lowest BCUT2D eigenvalue weighted by Crippen LogP contribution is -2.45. The number of aryl methyl sites for hydroxylation is 1. The molecule has 1 aromatic rings. The van der Waals surface area contributed by atoms with Gasteiger partial charge in [-0.2, -0.15) is 5.10 Å². The van der Waals surface area contributed by atoms with E-state index in [0.29, 0.717) is 6.04 Å². The molecule has 1 atom stereocenters. The van der Waals surface area contributed by atoms with Gasteiger partial charge in [-0.3, -0.25) is 14.6 Å². The van der Waals surface area contributed by atoms with Crippen molar-refractivity contribution in [2.75, 3.05) is 26.7 Å². The largest absolute Gasteiger partial charge is 0.355 e. The second-order valence-corrected chi connectivity index (χ2v) is 5.68. The molecular formula is C15H28N6. The normalized spacial score (nSPS) is 20.5. The van der Waals surface area contributed by atoms with E-state index in [4.69, 9.17) is 0 Å². The third-order valence-electron chi connectivity index (χ3n) is 4.22. The number of hydrogen-bond acceptors (Lipinski definition) is 3. The highest BCUT2D eigenvalue weighted by molar-refractivity contribution is 5.79. The zero-order chi connectivity index (χ0) is 15.1. The number of hydrogen-bond donors (Lipinski definition) is 2. The van der Waals surface area contributed by atoms with Gasteiger partial charge < -0.3 is 10.6 Å². The Kier molecular flexibility index (Phi) is 6.04. The first-order chi connectivity index (χ1) is 10.2. The quantitative estimate of drug-likeness (QED) is 0.627. The van der Waals surface area contributed by atoms with Crippen molar-refractivity contribution >= 4 is 5.96 Å². The van der Waals surface area contributed by atoms with Crippen molar-refractivity contribution in [1.82, 2.24) is 25.3 Å². The number of nitrogens with zero attached hydrogens (tertiary/aromatic N) is 4. The van der Waals surface area contributed by atoms with Gasteiger partial charge in [-0.05, 0) is 32.4 Å². The van der Waals surface area contributed by atoms with E-state index in [1.165, 1.54) is 25.8 Å². The van der Waals surface area contributed by atoms with Gasteiger partial charge in [0.2, 0.25) is 0 Å². The fourth-order valence-electron chi connectivity index (χ4n) is 2.78. The van der Waals surface area contributed by atoms with Crippen molar-refractivity contribution in [1.29, 1.82) is 0 Å². The molecule has 1 unspecified atom stereocenters. The molecule has 0 radical (unpaired) electrons. The van der Waals surface area contributed by atoms with Gasteiger partial charge in [-0.25, -0.2) is 0 Å². The zero-order valence-electron chi connectivity index (χ0n) is 13.5. The molecule has 2 heterocycles. The van der Waals surface area contributed by atoms with Gasteiger partial charge in [0, 0.05) is 39.4 Å². The highest BCUT2D eigenvalue weighted by atomic mass is 15.3. The van der Waals surface area contributed by atoms with Crippen LogP contribution in [-0.4, -0.2) is 53.4 Å². The zero-order valence-corrected chi connectivity index (χ0v) is 13.5. The Balaban J connectivity index is 1.69. The highest BCUT2D eigenvalue weighted by Gasteiger charge is 2.17. The molecule has 0 bridgehead atoms. The van der Waals surface area contributed by atoms with Crippen LogP contribution in [0.3, 0.4) is 0 Å². The van der Waals surface area contributed by atoms with E-state index in [0.717, 1.165) is 31.3 Å². The third kappa shape index (κ3) is 4.74. The van der Waals surface area contributed by atoms with Crippen molar-refractivity contribution in [3.05, 3.63) is 18.0 Å². The summed E-state index contributed by atoms with van der Waals surface area (Å²) in [6, 6.07) is 2.72. The maximum Gasteiger partial charge on any atom is 0.191 e. The smallest absolute Gasteiger partial charge is 0.191 e. The van der Waals surface area contributed by atoms with Gasteiger partial charge in [0.05, 0.1) is 12.2 Å². The van der Waals surface area contributed by atoms with Crippen LogP contribution in [0.1, 0.15) is 31.9 Å². The minimum atomic E-state index is 0.713. The summed E-state index contributed by atoms with van der Waals surface area (Å²) in [7, 11) is 3.76. The molecule has 0 spiro atoms. The summed E-state index contributed by atoms with van der Waals surface area (Å²) in [4.78, 5) is 6.83. The van der Waals surface area contributed by atoms with Crippen LogP contribution in [-0.2, 0) is 13.6 Å². The number of aliphatic imine (C=N–C) groups is 1. The molecule has 1 aliphatic rings. The van der Waals surface area contributed by atoms with Crippen molar-refractivity contribution < 1.29 is 0 Å². The maximum atomic E-state index is 4.27. The van der Waals surface area contributed by atoms with Gasteiger partial charge in [-0.15, -0.1) is 0 Å². The molecule has 1 aliphatic heterocycles. The first kappa shape index (κ1) is 15.8. The van der Waals surface area contributed by atoms with Crippen molar-refractivity contribution in [2.24, 2.45) is 12.0 Å². The number of piperidine rings is 1. The Morgan fingerprint density at radius 1 is 1.43 bits per heavy atom. The lowest BCUT2D eigenvalue weighted by Gasteiger charge is -2.33. The molecule has 0 aliphatic carbocycles. The number of guanidine groups is 1. The van der Waals surface area contributed by atoms with E-state index in [9.17, 15) is 0 Å². The Morgan fingerprint density at radius 2 is 2.29 bits per heavy atom. The van der Waals surface area contributed by atoms with Crippen LogP contribution < -0.4 is 10.6 Å². The van der Waals surface area contributed by atoms with Gasteiger partial charge in [-0.1, -0.05) is 6.42 Å². The fourth-order valence-corrected chi connectivity index (χ4v) is 2.78. The molecule has 1 saturated heterocycles. The van der Waals surface area contributed by atoms with Gasteiger partial charge in [0.25, 0.3) is 0 Å². The van der Waals surface area contributed by atoms with Crippen molar-refractivity contribution in [3.63, 3.8) is 0 Å². The van der Waals surface area contributed by atoms with E-state index in [-0.39, 0.29) is 0 Å². The lowest BCUT2D eigenvalue weighted by molar-refractivity contribution is 0.163. The number of nitrogens with one attached hydrogen (secondary N) is 2. The second-order valence-electron chi connectivity index (χ2n) is 5.68. The molecule has 118 valence electrons. The molecule has 2 N–H and O–H groups in total. The highest BCUT2D eigenvalue weighted by Crippen LogP contribution is 2.15. The number of likely N-dealkylation sites (tertiary alicyclic amines) is 1. The Labute approximate surface area is 127 Å². The summed E-state index contributed by atoms with van der Waals surface area (Å²) < 4.78 is 1.87. The van der Waals surface area contributed by atoms with E-state index >= 15 is 0 Å². The molecule has 6 heteroatoms. The minimum Gasteiger partial charge on any atom is -0.355 e. The molecule has 1 aromatic heterocycles. The first-order valence-corrected chi connectivity index (χ1v) is 7.86. The van der Waals surface area contributed by atoms with Crippen LogP contribution in [0.25, 0.3) is 0 Å². The fraction of sp³-hybridized carbons (Fsp3) is 0.733. The van der Waals surface area contributed by atoms with Gasteiger partial charge >= 0.3 is 0 Å². The van der Waals surface area contributed by atoms with Crippen molar-refractivity contribution in [2.45, 2.75) is 38.8 Å². The Morgan fingerprint density at radius 3 is 2.95 bits per heavy atom. The third-order valence-corrected chi connectivity index (χ3v) is 4.22. The van der Waals surface area contributed by atoms with Crippen LogP contribution in [0.2, 0.25) is 0 Å². The topological polar surface area (TPSA) is 57.5 Å². The molecule has 1 fully saturated rings. The SMILES string of the molecule is CN=C(NCCN1CCCCC1C)NCc1ccnn1C. The predicted octanol–water partition coefficient (Wildman–Crippen LogP) is 0.960. The number of rotatable bonds is 5. The molecule has 0 saturated carbocycles. The minimum absolute atomic E-state index is 0.713.